The molecule has 19 heavy (non-hydrogen) atoms. The molecule has 1 fully saturated rings. The molecule has 4 heteroatoms. The van der Waals surface area contributed by atoms with Crippen LogP contribution in [0.5, 0.6) is 0 Å². The minimum atomic E-state index is 0.0792. The molecule has 1 saturated heterocycles. The lowest BCUT2D eigenvalue weighted by atomic mass is 9.88. The molecular weight excluding hydrogens is 238 g/mol. The van der Waals surface area contributed by atoms with E-state index in [1.807, 2.05) is 6.92 Å². The Morgan fingerprint density at radius 1 is 1.37 bits per heavy atom. The second kappa shape index (κ2) is 7.85. The Labute approximate surface area is 118 Å². The molecule has 1 rings (SSSR count). The fourth-order valence-electron chi connectivity index (χ4n) is 2.63. The summed E-state index contributed by atoms with van der Waals surface area (Å²) in [6.07, 6.45) is 2.32. The summed E-state index contributed by atoms with van der Waals surface area (Å²) >= 11 is 0. The van der Waals surface area contributed by atoms with Crippen molar-refractivity contribution in [3.63, 3.8) is 0 Å². The number of rotatable bonds is 7. The molecule has 1 amide bonds. The molecule has 4 nitrogen and oxygen atoms in total. The standard InChI is InChI=1S/C15H31N3O/c1-5-6-15(3,4)12-17-14(19)13(2)11-18-9-7-16-8-10-18/h13,16H,5-12H2,1-4H3,(H,17,19). The van der Waals surface area contributed by atoms with Gasteiger partial charge in [0.25, 0.3) is 0 Å². The highest BCUT2D eigenvalue weighted by Crippen LogP contribution is 2.20. The van der Waals surface area contributed by atoms with Gasteiger partial charge >= 0.3 is 0 Å². The SMILES string of the molecule is CCCC(C)(C)CNC(=O)C(C)CN1CCNCC1. The summed E-state index contributed by atoms with van der Waals surface area (Å²) in [5.41, 5.74) is 0.208. The Kier molecular flexibility index (Phi) is 6.80. The number of hydrogen-bond acceptors (Lipinski definition) is 3. The molecule has 2 N–H and O–H groups in total. The van der Waals surface area contributed by atoms with Crippen LogP contribution in [0.25, 0.3) is 0 Å². The zero-order valence-electron chi connectivity index (χ0n) is 13.1. The van der Waals surface area contributed by atoms with Gasteiger partial charge in [-0.25, -0.2) is 0 Å². The maximum Gasteiger partial charge on any atom is 0.224 e. The Balaban J connectivity index is 2.27. The molecule has 112 valence electrons. The highest BCUT2D eigenvalue weighted by atomic mass is 16.1. The number of carbonyl (C=O) groups excluding carboxylic acids is 1. The van der Waals surface area contributed by atoms with Crippen LogP contribution in [0.15, 0.2) is 0 Å². The Morgan fingerprint density at radius 2 is 2.00 bits per heavy atom. The predicted octanol–water partition coefficient (Wildman–Crippen LogP) is 1.47. The van der Waals surface area contributed by atoms with Gasteiger partial charge in [0, 0.05) is 45.2 Å². The van der Waals surface area contributed by atoms with Gasteiger partial charge in [-0.1, -0.05) is 34.1 Å². The minimum Gasteiger partial charge on any atom is -0.355 e. The molecule has 0 spiro atoms. The van der Waals surface area contributed by atoms with E-state index in [9.17, 15) is 4.79 Å². The Hall–Kier alpha value is -0.610. The molecule has 1 unspecified atom stereocenters. The summed E-state index contributed by atoms with van der Waals surface area (Å²) < 4.78 is 0. The monoisotopic (exact) mass is 269 g/mol. The topological polar surface area (TPSA) is 44.4 Å². The van der Waals surface area contributed by atoms with Crippen LogP contribution in [0.3, 0.4) is 0 Å². The molecule has 1 heterocycles. The van der Waals surface area contributed by atoms with Crippen LogP contribution in [-0.2, 0) is 4.79 Å². The van der Waals surface area contributed by atoms with Crippen LogP contribution in [-0.4, -0.2) is 50.1 Å². The average Bonchev–Trinajstić information content (AvgIpc) is 2.37. The second-order valence-electron chi connectivity index (χ2n) is 6.58. The lowest BCUT2D eigenvalue weighted by Crippen LogP contribution is -2.47. The fraction of sp³-hybridized carbons (Fsp3) is 0.933. The third-order valence-electron chi connectivity index (χ3n) is 3.86. The van der Waals surface area contributed by atoms with Gasteiger partial charge in [0.1, 0.15) is 0 Å². The zero-order valence-corrected chi connectivity index (χ0v) is 13.1. The lowest BCUT2D eigenvalue weighted by molar-refractivity contribution is -0.125. The Morgan fingerprint density at radius 3 is 2.58 bits per heavy atom. The molecule has 0 aliphatic carbocycles. The molecule has 0 saturated carbocycles. The minimum absolute atomic E-state index is 0.0792. The summed E-state index contributed by atoms with van der Waals surface area (Å²) in [6.45, 7) is 14.5. The fourth-order valence-corrected chi connectivity index (χ4v) is 2.63. The number of nitrogens with one attached hydrogen (secondary N) is 2. The summed E-state index contributed by atoms with van der Waals surface area (Å²) in [5.74, 6) is 0.276. The first-order valence-electron chi connectivity index (χ1n) is 7.65. The quantitative estimate of drug-likeness (QED) is 0.735. The van der Waals surface area contributed by atoms with E-state index in [-0.39, 0.29) is 17.2 Å². The van der Waals surface area contributed by atoms with Crippen molar-refractivity contribution < 1.29 is 4.79 Å². The van der Waals surface area contributed by atoms with Crippen LogP contribution in [0.4, 0.5) is 0 Å². The van der Waals surface area contributed by atoms with Crippen LogP contribution < -0.4 is 10.6 Å². The van der Waals surface area contributed by atoms with E-state index < -0.39 is 0 Å². The molecular formula is C15H31N3O. The molecule has 0 aromatic heterocycles. The van der Waals surface area contributed by atoms with E-state index in [0.29, 0.717) is 0 Å². The third kappa shape index (κ3) is 6.39. The normalized spacial score (nSPS) is 19.2. The van der Waals surface area contributed by atoms with E-state index in [1.165, 1.54) is 6.42 Å². The van der Waals surface area contributed by atoms with Gasteiger partial charge in [-0.15, -0.1) is 0 Å². The van der Waals surface area contributed by atoms with E-state index in [2.05, 4.69) is 36.3 Å². The van der Waals surface area contributed by atoms with E-state index in [1.54, 1.807) is 0 Å². The maximum atomic E-state index is 12.1. The van der Waals surface area contributed by atoms with Crippen molar-refractivity contribution >= 4 is 5.91 Å². The first-order chi connectivity index (χ1) is 8.94. The average molecular weight is 269 g/mol. The Bertz CT molecular complexity index is 273. The van der Waals surface area contributed by atoms with Gasteiger partial charge in [0.05, 0.1) is 0 Å². The lowest BCUT2D eigenvalue weighted by Gasteiger charge is -2.30. The number of amides is 1. The molecule has 0 aromatic rings. The van der Waals surface area contributed by atoms with Gasteiger partial charge in [0.15, 0.2) is 0 Å². The van der Waals surface area contributed by atoms with Crippen molar-refractivity contribution in [2.24, 2.45) is 11.3 Å². The predicted molar refractivity (Wildman–Crippen MR) is 80.2 cm³/mol. The van der Waals surface area contributed by atoms with Crippen molar-refractivity contribution in [2.75, 3.05) is 39.3 Å². The molecule has 1 atom stereocenters. The van der Waals surface area contributed by atoms with Gasteiger partial charge in [-0.05, 0) is 11.8 Å². The molecule has 0 aromatic carbocycles. The molecule has 0 bridgehead atoms. The highest BCUT2D eigenvalue weighted by Gasteiger charge is 2.21. The number of nitrogens with zero attached hydrogens (tertiary/aromatic N) is 1. The van der Waals surface area contributed by atoms with Gasteiger partial charge in [-0.2, -0.15) is 0 Å². The van der Waals surface area contributed by atoms with Crippen molar-refractivity contribution in [1.29, 1.82) is 0 Å². The van der Waals surface area contributed by atoms with Gasteiger partial charge in [0.2, 0.25) is 5.91 Å². The molecule has 1 aliphatic rings. The summed E-state index contributed by atoms with van der Waals surface area (Å²) in [5, 5.41) is 6.45. The maximum absolute atomic E-state index is 12.1. The van der Waals surface area contributed by atoms with Gasteiger partial charge < -0.3 is 15.5 Å². The summed E-state index contributed by atoms with van der Waals surface area (Å²) in [4.78, 5) is 14.5. The van der Waals surface area contributed by atoms with E-state index in [4.69, 9.17) is 0 Å². The highest BCUT2D eigenvalue weighted by molar-refractivity contribution is 5.78. The van der Waals surface area contributed by atoms with Crippen LogP contribution in [0, 0.1) is 11.3 Å². The van der Waals surface area contributed by atoms with Crippen LogP contribution in [0.2, 0.25) is 0 Å². The largest absolute Gasteiger partial charge is 0.355 e. The van der Waals surface area contributed by atoms with Crippen molar-refractivity contribution in [3.8, 4) is 0 Å². The molecule has 1 aliphatic heterocycles. The third-order valence-corrected chi connectivity index (χ3v) is 3.86. The van der Waals surface area contributed by atoms with Crippen molar-refractivity contribution in [3.05, 3.63) is 0 Å². The van der Waals surface area contributed by atoms with Crippen molar-refractivity contribution in [2.45, 2.75) is 40.5 Å². The van der Waals surface area contributed by atoms with E-state index in [0.717, 1.165) is 45.7 Å². The summed E-state index contributed by atoms with van der Waals surface area (Å²) in [6, 6.07) is 0. The number of piperazine rings is 1. The first kappa shape index (κ1) is 16.4. The second-order valence-corrected chi connectivity index (χ2v) is 6.58. The van der Waals surface area contributed by atoms with Crippen molar-refractivity contribution in [1.82, 2.24) is 15.5 Å². The number of hydrogen-bond donors (Lipinski definition) is 2. The van der Waals surface area contributed by atoms with Crippen LogP contribution in [0.1, 0.15) is 40.5 Å². The zero-order chi connectivity index (χ0) is 14.3. The summed E-state index contributed by atoms with van der Waals surface area (Å²) in [7, 11) is 0. The molecule has 0 radical (unpaired) electrons. The smallest absolute Gasteiger partial charge is 0.224 e. The number of carbonyl (C=O) groups is 1. The van der Waals surface area contributed by atoms with Crippen LogP contribution >= 0.6 is 0 Å². The first-order valence-corrected chi connectivity index (χ1v) is 7.65. The van der Waals surface area contributed by atoms with Gasteiger partial charge in [-0.3, -0.25) is 4.79 Å². The van der Waals surface area contributed by atoms with E-state index >= 15 is 0 Å².